The van der Waals surface area contributed by atoms with Crippen molar-refractivity contribution in [1.82, 2.24) is 9.88 Å². The number of aliphatic hydroxyl groups excluding tert-OH is 1. The topological polar surface area (TPSA) is 112 Å². The third kappa shape index (κ3) is 6.89. The molecule has 0 aliphatic carbocycles. The fourth-order valence-electron chi connectivity index (χ4n) is 4.69. The average Bonchev–Trinajstić information content (AvgIpc) is 3.28. The molecule has 0 spiro atoms. The first-order valence-corrected chi connectivity index (χ1v) is 14.7. The zero-order valence-corrected chi connectivity index (χ0v) is 24.2. The number of aromatic nitrogens is 1. The number of rotatable bonds is 11. The van der Waals surface area contributed by atoms with Gasteiger partial charge in [-0.05, 0) is 72.5 Å². The first kappa shape index (κ1) is 31.4. The van der Waals surface area contributed by atoms with Crippen LogP contribution in [0.5, 0.6) is 0 Å². The number of hydrogen-bond donors (Lipinski definition) is 3. The lowest BCUT2D eigenvalue weighted by atomic mass is 10.0. The molecule has 0 aliphatic rings. The van der Waals surface area contributed by atoms with Crippen LogP contribution in [0.4, 0.5) is 18.9 Å². The largest absolute Gasteiger partial charge is 0.516 e. The molecule has 0 saturated carbocycles. The van der Waals surface area contributed by atoms with Gasteiger partial charge in [0.25, 0.3) is 0 Å². The van der Waals surface area contributed by atoms with Gasteiger partial charge in [0.05, 0.1) is 11.8 Å². The van der Waals surface area contributed by atoms with Gasteiger partial charge in [0.1, 0.15) is 5.69 Å². The molecule has 3 aromatic carbocycles. The first-order valence-electron chi connectivity index (χ1n) is 12.8. The number of aliphatic hydroxyl groups is 1. The Morgan fingerprint density at radius 2 is 1.76 bits per heavy atom. The average molecular weight is 624 g/mol. The van der Waals surface area contributed by atoms with Crippen molar-refractivity contribution in [3.63, 3.8) is 0 Å². The number of alkyl halides is 3. The molecular weight excluding hydrogens is 595 g/mol. The first-order chi connectivity index (χ1) is 19.7. The highest BCUT2D eigenvalue weighted by molar-refractivity contribution is 7.93. The third-order valence-electron chi connectivity index (χ3n) is 6.89. The zero-order valence-electron chi connectivity index (χ0n) is 22.6. The van der Waals surface area contributed by atoms with Crippen molar-refractivity contribution in [2.45, 2.75) is 37.5 Å². The van der Waals surface area contributed by atoms with Gasteiger partial charge in [0.2, 0.25) is 0 Å². The van der Waals surface area contributed by atoms with Crippen LogP contribution in [0.15, 0.2) is 72.8 Å². The number of fused-ring (bicyclic) bond motifs is 1. The van der Waals surface area contributed by atoms with Crippen molar-refractivity contribution < 1.29 is 36.6 Å². The van der Waals surface area contributed by atoms with E-state index in [1.165, 1.54) is 28.8 Å². The van der Waals surface area contributed by atoms with E-state index in [1.807, 2.05) is 19.1 Å². The predicted molar refractivity (Wildman–Crippen MR) is 155 cm³/mol. The van der Waals surface area contributed by atoms with Gasteiger partial charge in [0.15, 0.2) is 0 Å². The lowest BCUT2D eigenvalue weighted by Crippen LogP contribution is -2.38. The second kappa shape index (κ2) is 12.3. The van der Waals surface area contributed by atoms with E-state index in [-0.39, 0.29) is 28.3 Å². The number of halogens is 4. The predicted octanol–water partition coefficient (Wildman–Crippen LogP) is 5.58. The Hall–Kier alpha value is -3.58. The molecular formula is C29H29ClF3N3O5S. The fourth-order valence-corrected chi connectivity index (χ4v) is 5.59. The van der Waals surface area contributed by atoms with E-state index in [0.717, 1.165) is 12.6 Å². The van der Waals surface area contributed by atoms with Gasteiger partial charge in [-0.25, -0.2) is 4.79 Å². The molecule has 1 aromatic heterocycles. The van der Waals surface area contributed by atoms with E-state index >= 15 is 0 Å². The van der Waals surface area contributed by atoms with Crippen molar-refractivity contribution >= 4 is 44.2 Å². The molecule has 0 fully saturated rings. The molecule has 1 heterocycles. The van der Waals surface area contributed by atoms with E-state index in [2.05, 4.69) is 5.32 Å². The highest BCUT2D eigenvalue weighted by Crippen LogP contribution is 2.31. The number of carbonyl (C=O) groups is 1. The number of benzene rings is 3. The van der Waals surface area contributed by atoms with Crippen LogP contribution in [-0.2, 0) is 23.0 Å². The zero-order chi connectivity index (χ0) is 30.8. The standard InChI is InChI=1S/C29H29ClF3N3O5S/c1-18(34-16-27(37)21-6-4-7-23(30)14-21)11-19-9-10-25-22(12-19)15-26(28(38)39)36(25)17-20-5-3-8-24(13-20)35(2)42(40,41)29(31,32)33/h3-10,12-15,18,27,34,37H,11,16-17H2,1-2H3,(H,38,39). The van der Waals surface area contributed by atoms with Crippen LogP contribution in [0.2, 0.25) is 5.02 Å². The summed E-state index contributed by atoms with van der Waals surface area (Å²) in [6.07, 6.45) is -0.152. The maximum atomic E-state index is 13.0. The quantitative estimate of drug-likeness (QED) is 0.201. The number of aromatic carboxylic acids is 1. The van der Waals surface area contributed by atoms with Gasteiger partial charge < -0.3 is 20.1 Å². The van der Waals surface area contributed by atoms with Gasteiger partial charge in [-0.3, -0.25) is 4.31 Å². The second-order valence-corrected chi connectivity index (χ2v) is 12.4. The van der Waals surface area contributed by atoms with Gasteiger partial charge in [-0.1, -0.05) is 41.9 Å². The Bertz CT molecular complexity index is 1710. The van der Waals surface area contributed by atoms with Crippen LogP contribution in [0.3, 0.4) is 0 Å². The number of sulfonamides is 1. The van der Waals surface area contributed by atoms with Crippen LogP contribution in [-0.4, -0.2) is 54.3 Å². The highest BCUT2D eigenvalue weighted by Gasteiger charge is 2.49. The number of hydrogen-bond acceptors (Lipinski definition) is 5. The maximum Gasteiger partial charge on any atom is 0.516 e. The summed E-state index contributed by atoms with van der Waals surface area (Å²) in [6, 6.07) is 19.5. The van der Waals surface area contributed by atoms with Gasteiger partial charge >= 0.3 is 21.5 Å². The van der Waals surface area contributed by atoms with E-state index < -0.39 is 27.6 Å². The smallest absolute Gasteiger partial charge is 0.477 e. The SMILES string of the molecule is CC(Cc1ccc2c(c1)cc(C(=O)O)n2Cc1cccc(N(C)S(=O)(=O)C(F)(F)F)c1)NCC(O)c1cccc(Cl)c1. The highest BCUT2D eigenvalue weighted by atomic mass is 35.5. The second-order valence-electron chi connectivity index (χ2n) is 9.99. The summed E-state index contributed by atoms with van der Waals surface area (Å²) >= 11 is 6.00. The molecule has 13 heteroatoms. The molecule has 0 bridgehead atoms. The molecule has 4 aromatic rings. The summed E-state index contributed by atoms with van der Waals surface area (Å²) in [5.41, 5.74) is -3.07. The van der Waals surface area contributed by atoms with Crippen molar-refractivity contribution in [3.8, 4) is 0 Å². The Morgan fingerprint density at radius 3 is 2.43 bits per heavy atom. The van der Waals surface area contributed by atoms with Crippen LogP contribution in [0, 0.1) is 0 Å². The summed E-state index contributed by atoms with van der Waals surface area (Å²) in [5, 5.41) is 24.8. The monoisotopic (exact) mass is 623 g/mol. The van der Waals surface area contributed by atoms with Crippen molar-refractivity contribution in [3.05, 3.63) is 100 Å². The van der Waals surface area contributed by atoms with Crippen molar-refractivity contribution in [2.75, 3.05) is 17.9 Å². The van der Waals surface area contributed by atoms with Gasteiger partial charge in [-0.2, -0.15) is 21.6 Å². The molecule has 2 unspecified atom stereocenters. The Labute approximate surface area is 246 Å². The number of carboxylic acid groups (broad SMARTS) is 1. The normalized spacial score (nSPS) is 13.7. The molecule has 0 radical (unpaired) electrons. The molecule has 224 valence electrons. The number of carboxylic acids is 1. The van der Waals surface area contributed by atoms with E-state index in [0.29, 0.717) is 40.0 Å². The van der Waals surface area contributed by atoms with Crippen LogP contribution in [0.25, 0.3) is 10.9 Å². The lowest BCUT2D eigenvalue weighted by Gasteiger charge is -2.21. The molecule has 8 nitrogen and oxygen atoms in total. The fraction of sp³-hybridized carbons (Fsp3) is 0.276. The summed E-state index contributed by atoms with van der Waals surface area (Å²) in [7, 11) is -4.79. The number of nitrogens with zero attached hydrogens (tertiary/aromatic N) is 2. The Morgan fingerprint density at radius 1 is 1.05 bits per heavy atom. The minimum Gasteiger partial charge on any atom is -0.477 e. The maximum absolute atomic E-state index is 13.0. The number of anilines is 1. The summed E-state index contributed by atoms with van der Waals surface area (Å²) in [6.45, 7) is 2.26. The van der Waals surface area contributed by atoms with Crippen LogP contribution < -0.4 is 9.62 Å². The van der Waals surface area contributed by atoms with E-state index in [1.54, 1.807) is 36.4 Å². The molecule has 0 saturated heterocycles. The molecule has 0 aliphatic heterocycles. The molecule has 42 heavy (non-hydrogen) atoms. The Kier molecular flexibility index (Phi) is 9.21. The van der Waals surface area contributed by atoms with Gasteiger partial charge in [0, 0.05) is 42.1 Å². The van der Waals surface area contributed by atoms with Gasteiger partial charge in [-0.15, -0.1) is 0 Å². The summed E-state index contributed by atoms with van der Waals surface area (Å²) < 4.78 is 64.5. The molecule has 2 atom stereocenters. The lowest BCUT2D eigenvalue weighted by molar-refractivity contribution is -0.0437. The van der Waals surface area contributed by atoms with Crippen LogP contribution in [0.1, 0.15) is 40.2 Å². The minimum atomic E-state index is -5.60. The summed E-state index contributed by atoms with van der Waals surface area (Å²) in [4.78, 5) is 12.1. The van der Waals surface area contributed by atoms with Crippen LogP contribution >= 0.6 is 11.6 Å². The van der Waals surface area contributed by atoms with Crippen molar-refractivity contribution in [2.24, 2.45) is 0 Å². The molecule has 3 N–H and O–H groups in total. The summed E-state index contributed by atoms with van der Waals surface area (Å²) in [5.74, 6) is -1.19. The van der Waals surface area contributed by atoms with E-state index in [9.17, 15) is 36.6 Å². The third-order valence-corrected chi connectivity index (χ3v) is 8.64. The Balaban J connectivity index is 1.52. The van der Waals surface area contributed by atoms with E-state index in [4.69, 9.17) is 11.6 Å². The molecule has 4 rings (SSSR count). The van der Waals surface area contributed by atoms with Crippen molar-refractivity contribution in [1.29, 1.82) is 0 Å². The molecule has 0 amide bonds. The number of nitrogens with one attached hydrogen (secondary N) is 1. The minimum absolute atomic E-state index is 0.0163.